The average Bonchev–Trinajstić information content (AvgIpc) is 2.49. The molecule has 3 fully saturated rings. The summed E-state index contributed by atoms with van der Waals surface area (Å²) in [6.45, 7) is 0. The van der Waals surface area contributed by atoms with Gasteiger partial charge >= 0.3 is 0 Å². The lowest BCUT2D eigenvalue weighted by Crippen LogP contribution is -2.29. The maximum absolute atomic E-state index is 6.25. The molecule has 3 aliphatic carbocycles. The molecule has 0 atom stereocenters. The highest BCUT2D eigenvalue weighted by Crippen LogP contribution is 2.44. The molecule has 3 rings (SSSR count). The zero-order valence-corrected chi connectivity index (χ0v) is 13.2. The summed E-state index contributed by atoms with van der Waals surface area (Å²) in [4.78, 5) is 0. The van der Waals surface area contributed by atoms with Gasteiger partial charge in [0.2, 0.25) is 0 Å². The number of alkyl halides is 1. The fourth-order valence-electron chi connectivity index (χ4n) is 5.24. The van der Waals surface area contributed by atoms with Crippen molar-refractivity contribution in [2.45, 2.75) is 88.8 Å². The molecule has 19 heavy (non-hydrogen) atoms. The molecule has 110 valence electrons. The highest BCUT2D eigenvalue weighted by molar-refractivity contribution is 6.20. The Morgan fingerprint density at radius 2 is 0.789 bits per heavy atom. The van der Waals surface area contributed by atoms with Crippen LogP contribution in [0.15, 0.2) is 0 Å². The third-order valence-corrected chi connectivity index (χ3v) is 6.94. The third-order valence-electron chi connectivity index (χ3n) is 6.50. The lowest BCUT2D eigenvalue weighted by molar-refractivity contribution is 0.123. The van der Waals surface area contributed by atoms with E-state index in [4.69, 9.17) is 11.6 Å². The highest BCUT2D eigenvalue weighted by atomic mass is 35.5. The van der Waals surface area contributed by atoms with Crippen molar-refractivity contribution in [1.29, 1.82) is 0 Å². The molecule has 0 aromatic rings. The highest BCUT2D eigenvalue weighted by Gasteiger charge is 2.33. The summed E-state index contributed by atoms with van der Waals surface area (Å²) in [7, 11) is 0. The number of halogens is 1. The van der Waals surface area contributed by atoms with Gasteiger partial charge in [-0.2, -0.15) is 0 Å². The molecular formula is C18H31Cl. The van der Waals surface area contributed by atoms with Crippen molar-refractivity contribution in [3.8, 4) is 0 Å². The van der Waals surface area contributed by atoms with E-state index in [1.54, 1.807) is 38.5 Å². The third kappa shape index (κ3) is 3.69. The molecule has 0 nitrogen and oxygen atoms in total. The Bertz CT molecular complexity index is 253. The van der Waals surface area contributed by atoms with E-state index < -0.39 is 0 Å². The van der Waals surface area contributed by atoms with Crippen LogP contribution < -0.4 is 0 Å². The van der Waals surface area contributed by atoms with Crippen LogP contribution in [0.2, 0.25) is 0 Å². The molecule has 0 amide bonds. The fraction of sp³-hybridized carbons (Fsp3) is 1.00. The van der Waals surface area contributed by atoms with E-state index in [1.807, 2.05) is 0 Å². The van der Waals surface area contributed by atoms with Crippen LogP contribution in [0.25, 0.3) is 0 Å². The Morgan fingerprint density at radius 1 is 0.421 bits per heavy atom. The Balaban J connectivity index is 1.44. The summed E-state index contributed by atoms with van der Waals surface area (Å²) in [6.07, 6.45) is 19.2. The van der Waals surface area contributed by atoms with Gasteiger partial charge in [-0.3, -0.25) is 0 Å². The van der Waals surface area contributed by atoms with E-state index in [1.165, 1.54) is 44.9 Å². The first-order valence-electron chi connectivity index (χ1n) is 8.97. The number of hydrogen-bond donors (Lipinski definition) is 0. The first kappa shape index (κ1) is 14.2. The zero-order valence-electron chi connectivity index (χ0n) is 12.5. The summed E-state index contributed by atoms with van der Waals surface area (Å²) in [5.41, 5.74) is 0. The van der Waals surface area contributed by atoms with Crippen molar-refractivity contribution in [2.75, 3.05) is 0 Å². The molecule has 0 aromatic heterocycles. The van der Waals surface area contributed by atoms with E-state index in [-0.39, 0.29) is 0 Å². The van der Waals surface area contributed by atoms with E-state index in [2.05, 4.69) is 0 Å². The molecule has 0 saturated heterocycles. The van der Waals surface area contributed by atoms with Crippen LogP contribution in [0, 0.1) is 23.7 Å². The van der Waals surface area contributed by atoms with Crippen molar-refractivity contribution in [1.82, 2.24) is 0 Å². The first-order valence-corrected chi connectivity index (χ1v) is 9.40. The molecule has 3 aliphatic rings. The van der Waals surface area contributed by atoms with Crippen molar-refractivity contribution in [3.05, 3.63) is 0 Å². The average molecular weight is 283 g/mol. The first-order chi connectivity index (χ1) is 9.33. The maximum Gasteiger partial charge on any atom is 0.0336 e. The molecule has 0 aliphatic heterocycles. The van der Waals surface area contributed by atoms with Gasteiger partial charge in [-0.05, 0) is 75.0 Å². The predicted octanol–water partition coefficient (Wildman–Crippen LogP) is 6.17. The van der Waals surface area contributed by atoms with Gasteiger partial charge < -0.3 is 0 Å². The second-order valence-electron chi connectivity index (χ2n) is 7.59. The molecule has 1 heteroatoms. The summed E-state index contributed by atoms with van der Waals surface area (Å²) < 4.78 is 0. The van der Waals surface area contributed by atoms with Crippen molar-refractivity contribution in [2.24, 2.45) is 23.7 Å². The topological polar surface area (TPSA) is 0 Å². The lowest BCUT2D eigenvalue weighted by atomic mass is 9.66. The molecule has 0 spiro atoms. The van der Waals surface area contributed by atoms with E-state index in [0.29, 0.717) is 5.38 Å². The van der Waals surface area contributed by atoms with Gasteiger partial charge in [0.25, 0.3) is 0 Å². The van der Waals surface area contributed by atoms with Gasteiger partial charge in [-0.25, -0.2) is 0 Å². The van der Waals surface area contributed by atoms with Crippen LogP contribution >= 0.6 is 11.6 Å². The van der Waals surface area contributed by atoms with Crippen LogP contribution in [0.5, 0.6) is 0 Å². The molecule has 3 saturated carbocycles. The maximum atomic E-state index is 6.25. The molecule has 0 aromatic carbocycles. The molecule has 0 bridgehead atoms. The minimum atomic E-state index is 0.495. The molecule has 0 N–H and O–H groups in total. The quantitative estimate of drug-likeness (QED) is 0.531. The number of hydrogen-bond acceptors (Lipinski definition) is 0. The Labute approximate surface area is 124 Å². The predicted molar refractivity (Wildman–Crippen MR) is 83.6 cm³/mol. The van der Waals surface area contributed by atoms with Crippen molar-refractivity contribution >= 4 is 11.6 Å². The summed E-state index contributed by atoms with van der Waals surface area (Å²) in [5.74, 6) is 4.29. The normalized spacial score (nSPS) is 42.2. The van der Waals surface area contributed by atoms with Gasteiger partial charge in [0.05, 0.1) is 0 Å². The van der Waals surface area contributed by atoms with E-state index in [0.717, 1.165) is 23.7 Å². The summed E-state index contributed by atoms with van der Waals surface area (Å²) in [6, 6.07) is 0. The van der Waals surface area contributed by atoms with Gasteiger partial charge in [0.1, 0.15) is 0 Å². The zero-order chi connectivity index (χ0) is 13.1. The summed E-state index contributed by atoms with van der Waals surface area (Å²) >= 11 is 6.25. The van der Waals surface area contributed by atoms with Crippen molar-refractivity contribution < 1.29 is 0 Å². The fourth-order valence-corrected chi connectivity index (χ4v) is 5.50. The van der Waals surface area contributed by atoms with Crippen LogP contribution in [-0.2, 0) is 0 Å². The van der Waals surface area contributed by atoms with Crippen molar-refractivity contribution in [3.63, 3.8) is 0 Å². The van der Waals surface area contributed by atoms with Crippen LogP contribution in [-0.4, -0.2) is 5.38 Å². The summed E-state index contributed by atoms with van der Waals surface area (Å²) in [5, 5.41) is 0.495. The number of rotatable bonds is 2. The second-order valence-corrected chi connectivity index (χ2v) is 8.20. The Morgan fingerprint density at radius 3 is 1.26 bits per heavy atom. The largest absolute Gasteiger partial charge is 0.123 e. The molecule has 0 unspecified atom stereocenters. The van der Waals surface area contributed by atoms with Gasteiger partial charge in [-0.15, -0.1) is 11.6 Å². The lowest BCUT2D eigenvalue weighted by Gasteiger charge is -2.40. The smallest absolute Gasteiger partial charge is 0.0336 e. The molecular weight excluding hydrogens is 252 g/mol. The van der Waals surface area contributed by atoms with Gasteiger partial charge in [-0.1, -0.05) is 32.1 Å². The minimum absolute atomic E-state index is 0.495. The SMILES string of the molecule is ClC1CCC(C2CCC(C3CCCCC3)CC2)CC1. The van der Waals surface area contributed by atoms with Crippen LogP contribution in [0.3, 0.4) is 0 Å². The minimum Gasteiger partial charge on any atom is -0.123 e. The van der Waals surface area contributed by atoms with Gasteiger partial charge in [0.15, 0.2) is 0 Å². The van der Waals surface area contributed by atoms with E-state index >= 15 is 0 Å². The van der Waals surface area contributed by atoms with Crippen LogP contribution in [0.4, 0.5) is 0 Å². The Kier molecular flexibility index (Phi) is 5.12. The standard InChI is InChI=1S/C18H31Cl/c19-18-12-10-17(11-13-18)16-8-6-15(7-9-16)14-4-2-1-3-5-14/h14-18H,1-13H2. The molecule has 0 heterocycles. The second kappa shape index (κ2) is 6.83. The van der Waals surface area contributed by atoms with Gasteiger partial charge in [0, 0.05) is 5.38 Å². The van der Waals surface area contributed by atoms with E-state index in [9.17, 15) is 0 Å². The molecule has 0 radical (unpaired) electrons. The monoisotopic (exact) mass is 282 g/mol. The Hall–Kier alpha value is 0.290. The van der Waals surface area contributed by atoms with Crippen LogP contribution in [0.1, 0.15) is 83.5 Å².